The van der Waals surface area contributed by atoms with Crippen LogP contribution in [-0.2, 0) is 11.2 Å². The summed E-state index contributed by atoms with van der Waals surface area (Å²) in [5.41, 5.74) is 3.30. The number of imidazole rings is 1. The topological polar surface area (TPSA) is 68.6 Å². The van der Waals surface area contributed by atoms with Crippen molar-refractivity contribution < 1.29 is 14.3 Å². The standard InChI is InChI=1S/C27H34N4O3/c1-30(16-12-23-18-25(33-2)20-26(19-23)34-3)15-5-13-29-27(32)7-4-6-22-8-10-24(11-9-22)31-17-14-28-21-31/h4,6,8-11,14,17-21H,5,7,12-13,15-16H2,1-3H3,(H,29,32)/b6-4+. The highest BCUT2D eigenvalue weighted by Crippen LogP contribution is 2.22. The van der Waals surface area contributed by atoms with Crippen molar-refractivity contribution in [1.82, 2.24) is 19.8 Å². The maximum atomic E-state index is 12.1. The molecule has 0 atom stereocenters. The Balaban J connectivity index is 1.30. The summed E-state index contributed by atoms with van der Waals surface area (Å²) in [4.78, 5) is 18.4. The zero-order valence-corrected chi connectivity index (χ0v) is 20.2. The van der Waals surface area contributed by atoms with Gasteiger partial charge in [0, 0.05) is 43.7 Å². The molecule has 2 aromatic carbocycles. The van der Waals surface area contributed by atoms with E-state index in [1.807, 2.05) is 65.4 Å². The summed E-state index contributed by atoms with van der Waals surface area (Å²) in [6.45, 7) is 2.51. The highest BCUT2D eigenvalue weighted by Gasteiger charge is 2.05. The Morgan fingerprint density at radius 1 is 1.09 bits per heavy atom. The van der Waals surface area contributed by atoms with E-state index in [1.54, 1.807) is 26.7 Å². The Kier molecular flexibility index (Phi) is 9.73. The van der Waals surface area contributed by atoms with Gasteiger partial charge < -0.3 is 24.3 Å². The summed E-state index contributed by atoms with van der Waals surface area (Å²) in [7, 11) is 5.42. The molecule has 180 valence electrons. The molecule has 0 aliphatic heterocycles. The monoisotopic (exact) mass is 462 g/mol. The number of nitrogens with zero attached hydrogens (tertiary/aromatic N) is 3. The Morgan fingerprint density at radius 2 is 1.82 bits per heavy atom. The predicted molar refractivity (Wildman–Crippen MR) is 136 cm³/mol. The normalized spacial score (nSPS) is 11.2. The van der Waals surface area contributed by atoms with E-state index in [0.29, 0.717) is 13.0 Å². The first-order valence-corrected chi connectivity index (χ1v) is 11.5. The number of amides is 1. The SMILES string of the molecule is COc1cc(CCN(C)CCCNC(=O)C/C=C/c2ccc(-n3ccnc3)cc2)cc(OC)c1. The van der Waals surface area contributed by atoms with Crippen LogP contribution in [-0.4, -0.2) is 61.3 Å². The third kappa shape index (κ3) is 8.08. The number of carbonyl (C=O) groups is 1. The first kappa shape index (κ1) is 25.1. The number of hydrogen-bond acceptors (Lipinski definition) is 5. The Hall–Kier alpha value is -3.58. The van der Waals surface area contributed by atoms with Crippen LogP contribution in [0.3, 0.4) is 0 Å². The molecule has 0 saturated heterocycles. The fourth-order valence-corrected chi connectivity index (χ4v) is 3.56. The van der Waals surface area contributed by atoms with Gasteiger partial charge in [-0.3, -0.25) is 4.79 Å². The minimum atomic E-state index is 0.0393. The number of aromatic nitrogens is 2. The number of rotatable bonds is 13. The van der Waals surface area contributed by atoms with Crippen LogP contribution in [0.4, 0.5) is 0 Å². The van der Waals surface area contributed by atoms with Crippen molar-refractivity contribution >= 4 is 12.0 Å². The molecule has 3 rings (SSSR count). The summed E-state index contributed by atoms with van der Waals surface area (Å²) in [6.07, 6.45) is 11.5. The van der Waals surface area contributed by atoms with E-state index in [4.69, 9.17) is 9.47 Å². The lowest BCUT2D eigenvalue weighted by Gasteiger charge is -2.17. The average Bonchev–Trinajstić information content (AvgIpc) is 3.40. The second-order valence-electron chi connectivity index (χ2n) is 8.15. The van der Waals surface area contributed by atoms with Crippen molar-refractivity contribution in [1.29, 1.82) is 0 Å². The summed E-state index contributed by atoms with van der Waals surface area (Å²) < 4.78 is 12.6. The maximum Gasteiger partial charge on any atom is 0.223 e. The molecule has 1 heterocycles. The van der Waals surface area contributed by atoms with Crippen LogP contribution in [0.2, 0.25) is 0 Å². The van der Waals surface area contributed by atoms with Crippen molar-refractivity contribution in [2.75, 3.05) is 40.9 Å². The van der Waals surface area contributed by atoms with E-state index >= 15 is 0 Å². The third-order valence-electron chi connectivity index (χ3n) is 5.54. The van der Waals surface area contributed by atoms with Crippen LogP contribution in [0.1, 0.15) is 24.0 Å². The number of methoxy groups -OCH3 is 2. The first-order chi connectivity index (χ1) is 16.6. The second-order valence-corrected chi connectivity index (χ2v) is 8.15. The van der Waals surface area contributed by atoms with Crippen LogP contribution < -0.4 is 14.8 Å². The quantitative estimate of drug-likeness (QED) is 0.389. The third-order valence-corrected chi connectivity index (χ3v) is 5.54. The first-order valence-electron chi connectivity index (χ1n) is 11.5. The van der Waals surface area contributed by atoms with Crippen molar-refractivity contribution in [3.05, 3.63) is 78.4 Å². The van der Waals surface area contributed by atoms with Crippen molar-refractivity contribution in [3.8, 4) is 17.2 Å². The highest BCUT2D eigenvalue weighted by atomic mass is 16.5. The van der Waals surface area contributed by atoms with Crippen LogP contribution in [0.25, 0.3) is 11.8 Å². The van der Waals surface area contributed by atoms with Gasteiger partial charge in [-0.15, -0.1) is 0 Å². The minimum absolute atomic E-state index is 0.0393. The molecule has 7 heteroatoms. The number of nitrogens with one attached hydrogen (secondary N) is 1. The Morgan fingerprint density at radius 3 is 2.47 bits per heavy atom. The number of benzene rings is 2. The van der Waals surface area contributed by atoms with Gasteiger partial charge in [0.1, 0.15) is 11.5 Å². The number of ether oxygens (including phenoxy) is 2. The lowest BCUT2D eigenvalue weighted by molar-refractivity contribution is -0.120. The van der Waals surface area contributed by atoms with Gasteiger partial charge >= 0.3 is 0 Å². The lowest BCUT2D eigenvalue weighted by Crippen LogP contribution is -2.28. The van der Waals surface area contributed by atoms with E-state index in [0.717, 1.165) is 48.7 Å². The summed E-state index contributed by atoms with van der Waals surface area (Å²) in [6, 6.07) is 14.1. The van der Waals surface area contributed by atoms with Gasteiger partial charge in [0.05, 0.1) is 20.5 Å². The molecule has 0 aliphatic rings. The van der Waals surface area contributed by atoms with Crippen LogP contribution in [0, 0.1) is 0 Å². The maximum absolute atomic E-state index is 12.1. The Labute approximate surface area is 202 Å². The van der Waals surface area contributed by atoms with Gasteiger partial charge in [-0.1, -0.05) is 24.3 Å². The van der Waals surface area contributed by atoms with Crippen molar-refractivity contribution in [2.24, 2.45) is 0 Å². The molecule has 0 bridgehead atoms. The smallest absolute Gasteiger partial charge is 0.223 e. The molecule has 1 aromatic heterocycles. The minimum Gasteiger partial charge on any atom is -0.497 e. The van der Waals surface area contributed by atoms with Gasteiger partial charge in [0.15, 0.2) is 0 Å². The summed E-state index contributed by atoms with van der Waals surface area (Å²) in [5, 5.41) is 3.00. The molecule has 1 amide bonds. The molecule has 3 aromatic rings. The number of carbonyl (C=O) groups excluding carboxylic acids is 1. The highest BCUT2D eigenvalue weighted by molar-refractivity contribution is 5.78. The van der Waals surface area contributed by atoms with E-state index in [1.165, 1.54) is 5.56 Å². The molecular formula is C27H34N4O3. The molecule has 0 spiro atoms. The second kappa shape index (κ2) is 13.2. The summed E-state index contributed by atoms with van der Waals surface area (Å²) >= 11 is 0. The molecule has 7 nitrogen and oxygen atoms in total. The number of hydrogen-bond donors (Lipinski definition) is 1. The Bertz CT molecular complexity index is 1020. The zero-order chi connectivity index (χ0) is 24.2. The van der Waals surface area contributed by atoms with Gasteiger partial charge in [-0.2, -0.15) is 0 Å². The molecule has 34 heavy (non-hydrogen) atoms. The fraction of sp³-hybridized carbons (Fsp3) is 0.333. The van der Waals surface area contributed by atoms with Crippen LogP contribution in [0.15, 0.2) is 67.3 Å². The van der Waals surface area contributed by atoms with E-state index in [9.17, 15) is 4.79 Å². The van der Waals surface area contributed by atoms with Gasteiger partial charge in [-0.25, -0.2) is 4.98 Å². The largest absolute Gasteiger partial charge is 0.497 e. The predicted octanol–water partition coefficient (Wildman–Crippen LogP) is 3.97. The van der Waals surface area contributed by atoms with E-state index < -0.39 is 0 Å². The van der Waals surface area contributed by atoms with Gasteiger partial charge in [-0.05, 0) is 61.8 Å². The van der Waals surface area contributed by atoms with Gasteiger partial charge in [0.2, 0.25) is 5.91 Å². The van der Waals surface area contributed by atoms with Crippen LogP contribution in [0.5, 0.6) is 11.5 Å². The zero-order valence-electron chi connectivity index (χ0n) is 20.2. The van der Waals surface area contributed by atoms with Crippen molar-refractivity contribution in [3.63, 3.8) is 0 Å². The lowest BCUT2D eigenvalue weighted by atomic mass is 10.1. The fourth-order valence-electron chi connectivity index (χ4n) is 3.56. The molecule has 1 N–H and O–H groups in total. The molecule has 0 unspecified atom stereocenters. The molecular weight excluding hydrogens is 428 g/mol. The molecule has 0 aliphatic carbocycles. The number of likely N-dealkylation sites (N-methyl/N-ethyl adjacent to an activating group) is 1. The van der Waals surface area contributed by atoms with Crippen LogP contribution >= 0.6 is 0 Å². The average molecular weight is 463 g/mol. The van der Waals surface area contributed by atoms with Gasteiger partial charge in [0.25, 0.3) is 0 Å². The van der Waals surface area contributed by atoms with Crippen molar-refractivity contribution in [2.45, 2.75) is 19.3 Å². The van der Waals surface area contributed by atoms with E-state index in [-0.39, 0.29) is 5.91 Å². The summed E-state index contributed by atoms with van der Waals surface area (Å²) in [5.74, 6) is 1.65. The molecule has 0 radical (unpaired) electrons. The molecule has 0 fully saturated rings. The molecule has 0 saturated carbocycles. The van der Waals surface area contributed by atoms with E-state index in [2.05, 4.69) is 22.2 Å².